The molecule has 1 aromatic rings. The van der Waals surface area contributed by atoms with E-state index in [0.29, 0.717) is 17.4 Å². The summed E-state index contributed by atoms with van der Waals surface area (Å²) in [4.78, 5) is 19.3. The Morgan fingerprint density at radius 3 is 2.82 bits per heavy atom. The van der Waals surface area contributed by atoms with Crippen molar-refractivity contribution in [2.45, 2.75) is 38.0 Å². The van der Waals surface area contributed by atoms with Gasteiger partial charge < -0.3 is 9.84 Å². The summed E-state index contributed by atoms with van der Waals surface area (Å²) in [6.45, 7) is 0. The number of hydrogen-bond acceptors (Lipinski definition) is 4. The molecule has 0 unspecified atom stereocenters. The van der Waals surface area contributed by atoms with Crippen molar-refractivity contribution in [2.24, 2.45) is 0 Å². The molecule has 1 saturated carbocycles. The summed E-state index contributed by atoms with van der Waals surface area (Å²) in [6.07, 6.45) is 6.13. The van der Waals surface area contributed by atoms with Gasteiger partial charge in [-0.1, -0.05) is 12.8 Å². The smallest absolute Gasteiger partial charge is 0.308 e. The van der Waals surface area contributed by atoms with E-state index in [4.69, 9.17) is 9.84 Å². The highest BCUT2D eigenvalue weighted by atomic mass is 16.5. The number of hydrogen-bond donors (Lipinski definition) is 1. The molecular weight excluding hydrogens is 220 g/mol. The van der Waals surface area contributed by atoms with Crippen LogP contribution in [0.15, 0.2) is 6.20 Å². The number of carboxylic acid groups (broad SMARTS) is 1. The Balaban J connectivity index is 2.23. The Kier molecular flexibility index (Phi) is 3.56. The summed E-state index contributed by atoms with van der Waals surface area (Å²) in [5, 5.41) is 8.76. The monoisotopic (exact) mass is 236 g/mol. The van der Waals surface area contributed by atoms with Crippen LogP contribution in [0.5, 0.6) is 5.88 Å². The predicted octanol–water partition coefficient (Wildman–Crippen LogP) is 1.77. The van der Waals surface area contributed by atoms with Crippen LogP contribution in [0.4, 0.5) is 0 Å². The maximum Gasteiger partial charge on any atom is 0.308 e. The van der Waals surface area contributed by atoms with E-state index in [1.807, 2.05) is 0 Å². The third-order valence-electron chi connectivity index (χ3n) is 3.10. The van der Waals surface area contributed by atoms with E-state index >= 15 is 0 Å². The Morgan fingerprint density at radius 2 is 2.24 bits per heavy atom. The maximum absolute atomic E-state index is 10.7. The fourth-order valence-electron chi connectivity index (χ4n) is 2.25. The molecule has 0 bridgehead atoms. The van der Waals surface area contributed by atoms with Crippen molar-refractivity contribution in [1.82, 2.24) is 9.97 Å². The zero-order valence-corrected chi connectivity index (χ0v) is 9.85. The molecule has 5 nitrogen and oxygen atoms in total. The highest BCUT2D eigenvalue weighted by molar-refractivity contribution is 5.70. The molecule has 1 fully saturated rings. The van der Waals surface area contributed by atoms with Gasteiger partial charge in [-0.25, -0.2) is 4.98 Å². The van der Waals surface area contributed by atoms with E-state index in [9.17, 15) is 4.79 Å². The lowest BCUT2D eigenvalue weighted by Gasteiger charge is -2.11. The highest BCUT2D eigenvalue weighted by Gasteiger charge is 2.21. The molecule has 2 rings (SSSR count). The fourth-order valence-corrected chi connectivity index (χ4v) is 2.25. The van der Waals surface area contributed by atoms with Crippen molar-refractivity contribution in [3.8, 4) is 5.88 Å². The van der Waals surface area contributed by atoms with Crippen molar-refractivity contribution >= 4 is 5.97 Å². The van der Waals surface area contributed by atoms with Gasteiger partial charge >= 0.3 is 5.97 Å². The molecule has 1 heterocycles. The summed E-state index contributed by atoms with van der Waals surface area (Å²) >= 11 is 0. The van der Waals surface area contributed by atoms with Crippen LogP contribution in [0, 0.1) is 0 Å². The summed E-state index contributed by atoms with van der Waals surface area (Å²) in [5.41, 5.74) is 0.529. The molecule has 1 N–H and O–H groups in total. The average molecular weight is 236 g/mol. The molecule has 1 aliphatic rings. The second-order valence-corrected chi connectivity index (χ2v) is 4.31. The van der Waals surface area contributed by atoms with Gasteiger partial charge in [0.1, 0.15) is 5.82 Å². The molecule has 5 heteroatoms. The molecule has 0 radical (unpaired) electrons. The van der Waals surface area contributed by atoms with Gasteiger partial charge in [-0.3, -0.25) is 4.79 Å². The SMILES string of the molecule is COc1nc(C2CCCC2)ncc1CC(=O)O. The van der Waals surface area contributed by atoms with E-state index in [1.54, 1.807) is 6.20 Å². The van der Waals surface area contributed by atoms with Crippen molar-refractivity contribution in [3.63, 3.8) is 0 Å². The second-order valence-electron chi connectivity index (χ2n) is 4.31. The van der Waals surface area contributed by atoms with Gasteiger partial charge in [0.15, 0.2) is 0 Å². The van der Waals surface area contributed by atoms with Crippen LogP contribution in [0.1, 0.15) is 43.0 Å². The molecular formula is C12H16N2O3. The highest BCUT2D eigenvalue weighted by Crippen LogP contribution is 2.33. The standard InChI is InChI=1S/C12H16N2O3/c1-17-12-9(6-10(15)16)7-13-11(14-12)8-4-2-3-5-8/h7-8H,2-6H2,1H3,(H,15,16). The van der Waals surface area contributed by atoms with Crippen LogP contribution in [0.25, 0.3) is 0 Å². The zero-order valence-electron chi connectivity index (χ0n) is 9.85. The number of nitrogens with zero attached hydrogens (tertiary/aromatic N) is 2. The first-order chi connectivity index (χ1) is 8.20. The van der Waals surface area contributed by atoms with E-state index in [1.165, 1.54) is 20.0 Å². The molecule has 0 amide bonds. The second kappa shape index (κ2) is 5.12. The molecule has 0 spiro atoms. The molecule has 92 valence electrons. The van der Waals surface area contributed by atoms with Crippen molar-refractivity contribution in [2.75, 3.05) is 7.11 Å². The number of carbonyl (C=O) groups is 1. The lowest BCUT2D eigenvalue weighted by Crippen LogP contribution is -2.08. The zero-order chi connectivity index (χ0) is 12.3. The Hall–Kier alpha value is -1.65. The van der Waals surface area contributed by atoms with Crippen molar-refractivity contribution < 1.29 is 14.6 Å². The number of rotatable bonds is 4. The minimum absolute atomic E-state index is 0.103. The number of methoxy groups -OCH3 is 1. The van der Waals surface area contributed by atoms with E-state index in [0.717, 1.165) is 18.7 Å². The van der Waals surface area contributed by atoms with Crippen LogP contribution in [0.2, 0.25) is 0 Å². The predicted molar refractivity (Wildman–Crippen MR) is 61.1 cm³/mol. The normalized spacial score (nSPS) is 16.1. The number of aromatic nitrogens is 2. The van der Waals surface area contributed by atoms with Gasteiger partial charge in [0, 0.05) is 17.7 Å². The van der Waals surface area contributed by atoms with Crippen LogP contribution in [-0.2, 0) is 11.2 Å². The molecule has 1 aliphatic carbocycles. The van der Waals surface area contributed by atoms with Crippen LogP contribution < -0.4 is 4.74 Å². The van der Waals surface area contributed by atoms with Crippen LogP contribution in [0.3, 0.4) is 0 Å². The minimum atomic E-state index is -0.902. The third-order valence-corrected chi connectivity index (χ3v) is 3.10. The molecule has 0 saturated heterocycles. The molecule has 17 heavy (non-hydrogen) atoms. The number of aliphatic carboxylic acids is 1. The number of carboxylic acids is 1. The van der Waals surface area contributed by atoms with Crippen LogP contribution in [-0.4, -0.2) is 28.2 Å². The lowest BCUT2D eigenvalue weighted by molar-refractivity contribution is -0.136. The Labute approximate surface area is 99.9 Å². The first-order valence-corrected chi connectivity index (χ1v) is 5.82. The molecule has 0 aromatic carbocycles. The topological polar surface area (TPSA) is 72.3 Å². The quantitative estimate of drug-likeness (QED) is 0.862. The summed E-state index contributed by atoms with van der Waals surface area (Å²) in [7, 11) is 1.51. The first-order valence-electron chi connectivity index (χ1n) is 5.82. The fraction of sp³-hybridized carbons (Fsp3) is 0.583. The summed E-state index contributed by atoms with van der Waals surface area (Å²) in [6, 6.07) is 0. The Bertz CT molecular complexity index is 414. The largest absolute Gasteiger partial charge is 0.481 e. The van der Waals surface area contributed by atoms with Gasteiger partial charge in [-0.2, -0.15) is 4.98 Å². The van der Waals surface area contributed by atoms with Gasteiger partial charge in [-0.15, -0.1) is 0 Å². The van der Waals surface area contributed by atoms with Gasteiger partial charge in [-0.05, 0) is 12.8 Å². The van der Waals surface area contributed by atoms with E-state index in [2.05, 4.69) is 9.97 Å². The molecule has 0 aliphatic heterocycles. The van der Waals surface area contributed by atoms with Gasteiger partial charge in [0.25, 0.3) is 0 Å². The summed E-state index contributed by atoms with van der Waals surface area (Å²) in [5.74, 6) is 0.682. The van der Waals surface area contributed by atoms with Crippen molar-refractivity contribution in [1.29, 1.82) is 0 Å². The maximum atomic E-state index is 10.7. The Morgan fingerprint density at radius 1 is 1.53 bits per heavy atom. The van der Waals surface area contributed by atoms with Crippen molar-refractivity contribution in [3.05, 3.63) is 17.6 Å². The van der Waals surface area contributed by atoms with Gasteiger partial charge in [0.2, 0.25) is 5.88 Å². The number of ether oxygens (including phenoxy) is 1. The summed E-state index contributed by atoms with van der Waals surface area (Å²) < 4.78 is 5.13. The van der Waals surface area contributed by atoms with Crippen LogP contribution >= 0.6 is 0 Å². The van der Waals surface area contributed by atoms with Gasteiger partial charge in [0.05, 0.1) is 13.5 Å². The third kappa shape index (κ3) is 2.72. The lowest BCUT2D eigenvalue weighted by atomic mass is 10.1. The molecule has 0 atom stereocenters. The molecule has 1 aromatic heterocycles. The average Bonchev–Trinajstić information content (AvgIpc) is 2.82. The van der Waals surface area contributed by atoms with E-state index < -0.39 is 5.97 Å². The first kappa shape index (κ1) is 11.8. The minimum Gasteiger partial charge on any atom is -0.481 e. The van der Waals surface area contributed by atoms with E-state index in [-0.39, 0.29) is 6.42 Å².